The number of rotatable bonds is 4. The molecule has 0 radical (unpaired) electrons. The van der Waals surface area contributed by atoms with Crippen LogP contribution < -0.4 is 9.57 Å². The predicted molar refractivity (Wildman–Crippen MR) is 104 cm³/mol. The highest BCUT2D eigenvalue weighted by Gasteiger charge is 2.31. The Labute approximate surface area is 174 Å². The van der Waals surface area contributed by atoms with E-state index in [2.05, 4.69) is 14.9 Å². The van der Waals surface area contributed by atoms with Crippen LogP contribution in [0.15, 0.2) is 65.9 Å². The largest absolute Gasteiger partial charge is 0.573 e. The summed E-state index contributed by atoms with van der Waals surface area (Å²) in [4.78, 5) is 9.38. The van der Waals surface area contributed by atoms with E-state index in [1.54, 1.807) is 24.3 Å². The maximum Gasteiger partial charge on any atom is 0.573 e. The second-order valence-corrected chi connectivity index (χ2v) is 6.69. The van der Waals surface area contributed by atoms with E-state index in [1.165, 1.54) is 30.5 Å². The van der Waals surface area contributed by atoms with Crippen LogP contribution in [0.2, 0.25) is 0 Å². The zero-order valence-electron chi connectivity index (χ0n) is 16.0. The summed E-state index contributed by atoms with van der Waals surface area (Å²) in [6.45, 7) is -0.0667. The van der Waals surface area contributed by atoms with Crippen molar-refractivity contribution in [2.75, 3.05) is 0 Å². The van der Waals surface area contributed by atoms with Crippen LogP contribution in [-0.4, -0.2) is 17.2 Å². The van der Waals surface area contributed by atoms with Gasteiger partial charge in [-0.15, -0.1) is 13.2 Å². The third kappa shape index (κ3) is 5.30. The van der Waals surface area contributed by atoms with E-state index in [0.29, 0.717) is 24.5 Å². The van der Waals surface area contributed by atoms with E-state index in [4.69, 9.17) is 9.57 Å². The van der Waals surface area contributed by atoms with Crippen LogP contribution in [0.3, 0.4) is 0 Å². The standard InChI is InChI=1S/C22H16F4N2O3/c23-18-2-1-11-27-19(18)13-29-21-10-6-16-12-15(5-9-20(16)31-28-21)14-3-7-17(8-4-14)30-22(24,25)26/h1-5,7-9,11-12H,6,10,13H2. The van der Waals surface area contributed by atoms with Crippen molar-refractivity contribution in [3.05, 3.63) is 77.9 Å². The molecular weight excluding hydrogens is 416 g/mol. The third-order valence-electron chi connectivity index (χ3n) is 4.55. The van der Waals surface area contributed by atoms with Gasteiger partial charge >= 0.3 is 6.36 Å². The molecule has 0 atom stereocenters. The molecule has 1 aromatic heterocycles. The Morgan fingerprint density at radius 3 is 2.48 bits per heavy atom. The Balaban J connectivity index is 1.42. The highest BCUT2D eigenvalue weighted by Crippen LogP contribution is 2.31. The van der Waals surface area contributed by atoms with Crippen molar-refractivity contribution in [1.29, 1.82) is 0 Å². The topological polar surface area (TPSA) is 52.9 Å². The number of halogens is 4. The molecule has 0 saturated carbocycles. The number of ether oxygens (including phenoxy) is 2. The summed E-state index contributed by atoms with van der Waals surface area (Å²) < 4.78 is 60.1. The van der Waals surface area contributed by atoms with Gasteiger partial charge in [-0.25, -0.2) is 4.39 Å². The average Bonchev–Trinajstić information content (AvgIpc) is 2.94. The highest BCUT2D eigenvalue weighted by molar-refractivity contribution is 5.77. The monoisotopic (exact) mass is 432 g/mol. The lowest BCUT2D eigenvalue weighted by Gasteiger charge is -2.10. The number of fused-ring (bicyclic) bond motifs is 1. The molecule has 160 valence electrons. The second kappa shape index (κ2) is 8.63. The molecule has 2 aromatic carbocycles. The summed E-state index contributed by atoms with van der Waals surface area (Å²) in [7, 11) is 0. The Morgan fingerprint density at radius 1 is 0.968 bits per heavy atom. The van der Waals surface area contributed by atoms with Crippen LogP contribution in [0.5, 0.6) is 11.5 Å². The smallest absolute Gasteiger partial charge is 0.472 e. The maximum absolute atomic E-state index is 13.7. The van der Waals surface area contributed by atoms with Gasteiger partial charge in [-0.2, -0.15) is 0 Å². The van der Waals surface area contributed by atoms with Crippen LogP contribution in [0.25, 0.3) is 11.1 Å². The molecule has 0 unspecified atom stereocenters. The lowest BCUT2D eigenvalue weighted by Crippen LogP contribution is -2.16. The number of hydrogen-bond donors (Lipinski definition) is 0. The van der Waals surface area contributed by atoms with E-state index in [9.17, 15) is 17.6 Å². The van der Waals surface area contributed by atoms with Crippen LogP contribution in [-0.2, 0) is 17.8 Å². The van der Waals surface area contributed by atoms with Crippen LogP contribution in [0.1, 0.15) is 17.7 Å². The molecule has 0 bridgehead atoms. The molecular formula is C22H16F4N2O3. The third-order valence-corrected chi connectivity index (χ3v) is 4.55. The molecule has 0 amide bonds. The first-order valence-electron chi connectivity index (χ1n) is 9.32. The molecule has 5 nitrogen and oxygen atoms in total. The highest BCUT2D eigenvalue weighted by atomic mass is 19.4. The maximum atomic E-state index is 13.7. The quantitative estimate of drug-likeness (QED) is 0.501. The van der Waals surface area contributed by atoms with Gasteiger partial charge < -0.3 is 14.3 Å². The first kappa shape index (κ1) is 20.6. The number of benzene rings is 2. The fraction of sp³-hybridized carbons (Fsp3) is 0.182. The summed E-state index contributed by atoms with van der Waals surface area (Å²) in [5.41, 5.74) is 2.57. The first-order chi connectivity index (χ1) is 14.9. The molecule has 9 heteroatoms. The first-order valence-corrected chi connectivity index (χ1v) is 9.32. The van der Waals surface area contributed by atoms with Gasteiger partial charge in [0.2, 0.25) is 5.90 Å². The van der Waals surface area contributed by atoms with Crippen molar-refractivity contribution < 1.29 is 31.9 Å². The summed E-state index contributed by atoms with van der Waals surface area (Å²) in [6, 6.07) is 13.8. The molecule has 1 aliphatic heterocycles. The number of hydrogen-bond acceptors (Lipinski definition) is 5. The number of alkyl halides is 3. The molecule has 0 fully saturated rings. The zero-order chi connectivity index (χ0) is 21.8. The minimum atomic E-state index is -4.73. The number of nitrogens with zero attached hydrogens (tertiary/aromatic N) is 2. The van der Waals surface area contributed by atoms with Crippen molar-refractivity contribution in [3.8, 4) is 22.6 Å². The Hall–Kier alpha value is -3.62. The number of pyridine rings is 1. The fourth-order valence-corrected chi connectivity index (χ4v) is 3.05. The molecule has 31 heavy (non-hydrogen) atoms. The lowest BCUT2D eigenvalue weighted by molar-refractivity contribution is -0.274. The van der Waals surface area contributed by atoms with E-state index in [1.807, 2.05) is 6.07 Å². The fourth-order valence-electron chi connectivity index (χ4n) is 3.05. The Bertz CT molecular complexity index is 1100. The van der Waals surface area contributed by atoms with E-state index in [-0.39, 0.29) is 18.1 Å². The summed E-state index contributed by atoms with van der Waals surface area (Å²) in [5, 5.41) is 3.98. The summed E-state index contributed by atoms with van der Waals surface area (Å²) in [6.07, 6.45) is -2.26. The van der Waals surface area contributed by atoms with Crippen molar-refractivity contribution in [2.45, 2.75) is 25.8 Å². The van der Waals surface area contributed by atoms with E-state index in [0.717, 1.165) is 16.7 Å². The zero-order valence-corrected chi connectivity index (χ0v) is 16.0. The second-order valence-electron chi connectivity index (χ2n) is 6.69. The number of aromatic nitrogens is 1. The van der Waals surface area contributed by atoms with Gasteiger partial charge in [-0.3, -0.25) is 4.98 Å². The molecule has 4 rings (SSSR count). The van der Waals surface area contributed by atoms with Gasteiger partial charge in [0.25, 0.3) is 0 Å². The molecule has 0 N–H and O–H groups in total. The Kier molecular flexibility index (Phi) is 5.75. The Morgan fingerprint density at radius 2 is 1.74 bits per heavy atom. The molecule has 3 aromatic rings. The summed E-state index contributed by atoms with van der Waals surface area (Å²) >= 11 is 0. The SMILES string of the molecule is Fc1cccnc1COC1=NOc2ccc(-c3ccc(OC(F)(F)F)cc3)cc2CC1. The van der Waals surface area contributed by atoms with Crippen molar-refractivity contribution in [2.24, 2.45) is 5.16 Å². The molecule has 0 saturated heterocycles. The molecule has 0 spiro atoms. The van der Waals surface area contributed by atoms with Gasteiger partial charge in [0.05, 0.1) is 0 Å². The van der Waals surface area contributed by atoms with Crippen molar-refractivity contribution in [3.63, 3.8) is 0 Å². The van der Waals surface area contributed by atoms with Gasteiger partial charge in [-0.1, -0.05) is 18.2 Å². The van der Waals surface area contributed by atoms with E-state index < -0.39 is 12.2 Å². The molecule has 1 aliphatic rings. The predicted octanol–water partition coefficient (Wildman–Crippen LogP) is 5.64. The number of aryl methyl sites for hydroxylation is 1. The van der Waals surface area contributed by atoms with Gasteiger partial charge in [0, 0.05) is 12.6 Å². The average molecular weight is 432 g/mol. The lowest BCUT2D eigenvalue weighted by atomic mass is 10.00. The molecule has 0 aliphatic carbocycles. The van der Waals surface area contributed by atoms with Crippen molar-refractivity contribution >= 4 is 5.90 Å². The number of oxime groups is 1. The van der Waals surface area contributed by atoms with E-state index >= 15 is 0 Å². The van der Waals surface area contributed by atoms with Crippen LogP contribution in [0, 0.1) is 5.82 Å². The minimum absolute atomic E-state index is 0.0667. The molecule has 2 heterocycles. The van der Waals surface area contributed by atoms with Gasteiger partial charge in [-0.05, 0) is 64.7 Å². The van der Waals surface area contributed by atoms with Crippen LogP contribution in [0.4, 0.5) is 17.6 Å². The van der Waals surface area contributed by atoms with Crippen molar-refractivity contribution in [1.82, 2.24) is 4.98 Å². The van der Waals surface area contributed by atoms with Gasteiger partial charge in [0.1, 0.15) is 23.9 Å². The summed E-state index contributed by atoms with van der Waals surface area (Å²) in [5.74, 6) is 0.117. The normalized spacial score (nSPS) is 13.5. The minimum Gasteiger partial charge on any atom is -0.472 e. The van der Waals surface area contributed by atoms with Gasteiger partial charge in [0.15, 0.2) is 5.75 Å². The van der Waals surface area contributed by atoms with Crippen LogP contribution >= 0.6 is 0 Å².